The third-order valence-electron chi connectivity index (χ3n) is 2.77. The summed E-state index contributed by atoms with van der Waals surface area (Å²) in [6, 6.07) is 11.4. The maximum absolute atomic E-state index is 10.1. The lowest BCUT2D eigenvalue weighted by molar-refractivity contribution is 0.473. The van der Waals surface area contributed by atoms with E-state index in [1.54, 1.807) is 12.3 Å². The van der Waals surface area contributed by atoms with Crippen LogP contribution in [0.3, 0.4) is 0 Å². The molecule has 88 valence electrons. The average Bonchev–Trinajstić information content (AvgIpc) is 2.28. The summed E-state index contributed by atoms with van der Waals surface area (Å²) in [6.07, 6.45) is 1.74. The molecular weight excluding hydrogens is 210 g/mol. The van der Waals surface area contributed by atoms with Gasteiger partial charge in [0.2, 0.25) is 0 Å². The van der Waals surface area contributed by atoms with Gasteiger partial charge in [-0.15, -0.1) is 0 Å². The van der Waals surface area contributed by atoms with E-state index < -0.39 is 0 Å². The van der Waals surface area contributed by atoms with E-state index in [4.69, 9.17) is 0 Å². The van der Waals surface area contributed by atoms with Crippen LogP contribution in [0.4, 0.5) is 0 Å². The first-order valence-electron chi connectivity index (χ1n) is 5.74. The number of pyridine rings is 1. The van der Waals surface area contributed by atoms with Crippen molar-refractivity contribution >= 4 is 0 Å². The number of phenols is 1. The van der Waals surface area contributed by atoms with Crippen LogP contribution in [0.2, 0.25) is 0 Å². The van der Waals surface area contributed by atoms with Gasteiger partial charge in [0.15, 0.2) is 0 Å². The summed E-state index contributed by atoms with van der Waals surface area (Å²) in [5, 5.41) is 10.1. The Morgan fingerprint density at radius 1 is 1.00 bits per heavy atom. The Bertz CT molecular complexity index is 512. The van der Waals surface area contributed by atoms with E-state index >= 15 is 0 Å². The number of rotatable bonds is 1. The van der Waals surface area contributed by atoms with Crippen LogP contribution in [-0.4, -0.2) is 10.1 Å². The molecule has 0 saturated heterocycles. The van der Waals surface area contributed by atoms with Crippen LogP contribution in [0.1, 0.15) is 26.3 Å². The van der Waals surface area contributed by atoms with Gasteiger partial charge < -0.3 is 5.11 Å². The smallest absolute Gasteiger partial charge is 0.125 e. The quantitative estimate of drug-likeness (QED) is 0.804. The molecular formula is C15H17NO. The molecule has 2 nitrogen and oxygen atoms in total. The summed E-state index contributed by atoms with van der Waals surface area (Å²) in [7, 11) is 0. The van der Waals surface area contributed by atoms with Crippen LogP contribution in [-0.2, 0) is 5.41 Å². The fourth-order valence-corrected chi connectivity index (χ4v) is 1.94. The van der Waals surface area contributed by atoms with E-state index in [0.717, 1.165) is 16.8 Å². The van der Waals surface area contributed by atoms with Gasteiger partial charge in [0.25, 0.3) is 0 Å². The highest BCUT2D eigenvalue weighted by Crippen LogP contribution is 2.37. The van der Waals surface area contributed by atoms with Crippen LogP contribution in [0.25, 0.3) is 11.3 Å². The Hall–Kier alpha value is -1.83. The maximum Gasteiger partial charge on any atom is 0.125 e. The number of aromatic nitrogens is 1. The van der Waals surface area contributed by atoms with Crippen LogP contribution in [0.5, 0.6) is 5.75 Å². The number of nitrogens with zero attached hydrogens (tertiary/aromatic N) is 1. The molecule has 1 aromatic heterocycles. The summed E-state index contributed by atoms with van der Waals surface area (Å²) in [6.45, 7) is 6.40. The van der Waals surface area contributed by atoms with E-state index in [-0.39, 0.29) is 11.2 Å². The monoisotopic (exact) mass is 227 g/mol. The van der Waals surface area contributed by atoms with Crippen molar-refractivity contribution < 1.29 is 5.11 Å². The van der Waals surface area contributed by atoms with Crippen LogP contribution < -0.4 is 0 Å². The maximum atomic E-state index is 10.1. The zero-order valence-corrected chi connectivity index (χ0v) is 10.4. The molecule has 0 saturated carbocycles. The predicted molar refractivity (Wildman–Crippen MR) is 70.0 cm³/mol. The van der Waals surface area contributed by atoms with E-state index in [0.29, 0.717) is 0 Å². The molecule has 0 spiro atoms. The summed E-state index contributed by atoms with van der Waals surface area (Å²) in [4.78, 5) is 4.32. The molecule has 0 fully saturated rings. The van der Waals surface area contributed by atoms with Crippen LogP contribution in [0, 0.1) is 0 Å². The van der Waals surface area contributed by atoms with E-state index in [1.165, 1.54) is 0 Å². The summed E-state index contributed by atoms with van der Waals surface area (Å²) < 4.78 is 0. The molecule has 1 aromatic carbocycles. The van der Waals surface area contributed by atoms with Crippen molar-refractivity contribution in [1.29, 1.82) is 0 Å². The molecule has 0 aliphatic heterocycles. The minimum Gasteiger partial charge on any atom is -0.507 e. The average molecular weight is 227 g/mol. The van der Waals surface area contributed by atoms with Crippen LogP contribution in [0.15, 0.2) is 42.6 Å². The van der Waals surface area contributed by atoms with E-state index in [2.05, 4.69) is 25.8 Å². The molecule has 2 rings (SSSR count). The number of aromatic hydroxyl groups is 1. The molecule has 0 amide bonds. The standard InChI is InChI=1S/C15H17NO/c1-15(2,3)11-7-6-9-13(17)14(11)12-8-4-5-10-16-12/h4-10,17H,1-3H3. The van der Waals surface area contributed by atoms with Gasteiger partial charge in [0, 0.05) is 11.8 Å². The molecule has 1 heterocycles. The lowest BCUT2D eigenvalue weighted by Gasteiger charge is -2.23. The molecule has 1 N–H and O–H groups in total. The third-order valence-corrected chi connectivity index (χ3v) is 2.77. The second-order valence-corrected chi connectivity index (χ2v) is 5.16. The molecule has 0 aliphatic rings. The first kappa shape index (κ1) is 11.6. The molecule has 0 aliphatic carbocycles. The largest absolute Gasteiger partial charge is 0.507 e. The molecule has 0 unspecified atom stereocenters. The zero-order valence-electron chi connectivity index (χ0n) is 10.4. The van der Waals surface area contributed by atoms with Gasteiger partial charge >= 0.3 is 0 Å². The van der Waals surface area contributed by atoms with E-state index in [1.807, 2.05) is 30.3 Å². The number of benzene rings is 1. The van der Waals surface area contributed by atoms with Crippen molar-refractivity contribution in [2.45, 2.75) is 26.2 Å². The SMILES string of the molecule is CC(C)(C)c1cccc(O)c1-c1ccccn1. The minimum atomic E-state index is -0.0222. The van der Waals surface area contributed by atoms with Gasteiger partial charge in [-0.25, -0.2) is 0 Å². The second-order valence-electron chi connectivity index (χ2n) is 5.16. The predicted octanol–water partition coefficient (Wildman–Crippen LogP) is 3.75. The zero-order chi connectivity index (χ0) is 12.5. The van der Waals surface area contributed by atoms with Gasteiger partial charge in [-0.3, -0.25) is 4.98 Å². The van der Waals surface area contributed by atoms with Gasteiger partial charge in [-0.05, 0) is 29.2 Å². The molecule has 17 heavy (non-hydrogen) atoms. The Labute approximate surface area is 102 Å². The fraction of sp³-hybridized carbons (Fsp3) is 0.267. The normalized spacial score (nSPS) is 11.5. The highest BCUT2D eigenvalue weighted by molar-refractivity contribution is 5.71. The van der Waals surface area contributed by atoms with Gasteiger partial charge in [0.05, 0.1) is 5.69 Å². The number of hydrogen-bond acceptors (Lipinski definition) is 2. The van der Waals surface area contributed by atoms with Crippen molar-refractivity contribution in [3.05, 3.63) is 48.2 Å². The summed E-state index contributed by atoms with van der Waals surface area (Å²) >= 11 is 0. The fourth-order valence-electron chi connectivity index (χ4n) is 1.94. The van der Waals surface area contributed by atoms with Gasteiger partial charge in [0.1, 0.15) is 5.75 Å². The Morgan fingerprint density at radius 3 is 2.35 bits per heavy atom. The third kappa shape index (κ3) is 2.31. The molecule has 2 heteroatoms. The number of hydrogen-bond donors (Lipinski definition) is 1. The van der Waals surface area contributed by atoms with Gasteiger partial charge in [-0.2, -0.15) is 0 Å². The van der Waals surface area contributed by atoms with E-state index in [9.17, 15) is 5.11 Å². The van der Waals surface area contributed by atoms with Gasteiger partial charge in [-0.1, -0.05) is 39.0 Å². The minimum absolute atomic E-state index is 0.0222. The first-order chi connectivity index (χ1) is 8.00. The Kier molecular flexibility index (Phi) is 2.88. The van der Waals surface area contributed by atoms with Crippen LogP contribution >= 0.6 is 0 Å². The lowest BCUT2D eigenvalue weighted by Crippen LogP contribution is -2.12. The molecule has 2 aromatic rings. The van der Waals surface area contributed by atoms with Crippen molar-refractivity contribution in [3.63, 3.8) is 0 Å². The van der Waals surface area contributed by atoms with Crippen molar-refractivity contribution in [1.82, 2.24) is 4.98 Å². The van der Waals surface area contributed by atoms with Crippen molar-refractivity contribution in [2.75, 3.05) is 0 Å². The Morgan fingerprint density at radius 2 is 1.76 bits per heavy atom. The molecule has 0 atom stereocenters. The number of phenolic OH excluding ortho intramolecular Hbond substituents is 1. The first-order valence-corrected chi connectivity index (χ1v) is 5.74. The molecule has 0 bridgehead atoms. The van der Waals surface area contributed by atoms with Crippen molar-refractivity contribution in [2.24, 2.45) is 0 Å². The summed E-state index contributed by atoms with van der Waals surface area (Å²) in [5.41, 5.74) is 2.73. The highest BCUT2D eigenvalue weighted by Gasteiger charge is 2.21. The van der Waals surface area contributed by atoms with Crippen molar-refractivity contribution in [3.8, 4) is 17.0 Å². The second kappa shape index (κ2) is 4.21. The topological polar surface area (TPSA) is 33.1 Å². The highest BCUT2D eigenvalue weighted by atomic mass is 16.3. The lowest BCUT2D eigenvalue weighted by atomic mass is 9.82. The summed E-state index contributed by atoms with van der Waals surface area (Å²) in [5.74, 6) is 0.288. The Balaban J connectivity index is 2.69. The molecule has 0 radical (unpaired) electrons.